The molecule has 14 heteroatoms. The number of carboxylic acid groups (broad SMARTS) is 1. The van der Waals surface area contributed by atoms with Gasteiger partial charge in [0, 0.05) is 19.0 Å². The van der Waals surface area contributed by atoms with Crippen molar-refractivity contribution in [2.24, 2.45) is 11.1 Å². The lowest BCUT2D eigenvalue weighted by molar-refractivity contribution is -0.192. The maximum atomic E-state index is 13.2. The zero-order valence-electron chi connectivity index (χ0n) is 16.7. The number of hydrogen-bond acceptors (Lipinski definition) is 6. The molecule has 1 amide bonds. The molecular weight excluding hydrogens is 467 g/mol. The summed E-state index contributed by atoms with van der Waals surface area (Å²) in [4.78, 5) is 21.2. The molecule has 1 saturated carbocycles. The largest absolute Gasteiger partial charge is 0.490 e. The summed E-state index contributed by atoms with van der Waals surface area (Å²) in [6, 6.07) is 4.18. The van der Waals surface area contributed by atoms with Crippen molar-refractivity contribution in [3.05, 3.63) is 29.8 Å². The number of nitrogens with two attached hydrogens (primary N) is 1. The van der Waals surface area contributed by atoms with Gasteiger partial charge in [0.05, 0.1) is 22.5 Å². The summed E-state index contributed by atoms with van der Waals surface area (Å²) in [5, 5.41) is 7.12. The number of halogens is 5. The number of nitrogens with one attached hydrogen (secondary N) is 1. The van der Waals surface area contributed by atoms with E-state index in [0.717, 1.165) is 31.2 Å². The van der Waals surface area contributed by atoms with Crippen molar-refractivity contribution in [2.45, 2.75) is 48.8 Å². The van der Waals surface area contributed by atoms with Gasteiger partial charge in [0.25, 0.3) is 15.9 Å². The van der Waals surface area contributed by atoms with Crippen molar-refractivity contribution in [1.82, 2.24) is 4.72 Å². The fourth-order valence-corrected chi connectivity index (χ4v) is 4.58. The first-order valence-electron chi connectivity index (χ1n) is 9.16. The molecule has 2 fully saturated rings. The van der Waals surface area contributed by atoms with Crippen LogP contribution in [0.1, 0.15) is 31.7 Å². The minimum atomic E-state index is -5.08. The van der Waals surface area contributed by atoms with Gasteiger partial charge in [-0.1, -0.05) is 12.1 Å². The monoisotopic (exact) mass is 488 g/mol. The standard InChI is InChI=1S/C16H20F2N2O4S.C2HF3O2/c1-14(17,18)11-2-4-12(5-3-11)25(22,23)20-13(21)15-6-7-16(8-15,9-19)24-10-15;3-2(4,5)1(6)7/h2-5H,6-10,19H2,1H3,(H,20,21);(H,6,7). The lowest BCUT2D eigenvalue weighted by Crippen LogP contribution is -2.43. The van der Waals surface area contributed by atoms with Gasteiger partial charge in [-0.15, -0.1) is 0 Å². The molecule has 1 aromatic rings. The Balaban J connectivity index is 0.000000451. The lowest BCUT2D eigenvalue weighted by atomic mass is 9.87. The summed E-state index contributed by atoms with van der Waals surface area (Å²) in [5.41, 5.74) is 3.95. The fourth-order valence-electron chi connectivity index (χ4n) is 3.51. The highest BCUT2D eigenvalue weighted by Gasteiger charge is 2.59. The Morgan fingerprint density at radius 2 is 1.69 bits per heavy atom. The molecule has 2 atom stereocenters. The number of carboxylic acids is 1. The second-order valence-corrected chi connectivity index (χ2v) is 9.47. The molecule has 0 aromatic heterocycles. The van der Waals surface area contributed by atoms with Gasteiger partial charge in [-0.25, -0.2) is 26.7 Å². The highest BCUT2D eigenvalue weighted by molar-refractivity contribution is 7.90. The molecule has 0 radical (unpaired) electrons. The van der Waals surface area contributed by atoms with Crippen LogP contribution >= 0.6 is 0 Å². The molecule has 4 N–H and O–H groups in total. The molecule has 1 aliphatic carbocycles. The predicted molar refractivity (Wildman–Crippen MR) is 99.1 cm³/mol. The maximum absolute atomic E-state index is 13.2. The molecule has 1 aromatic carbocycles. The molecule has 32 heavy (non-hydrogen) atoms. The number of benzene rings is 1. The third-order valence-corrected chi connectivity index (χ3v) is 6.72. The molecule has 1 aliphatic heterocycles. The van der Waals surface area contributed by atoms with Gasteiger partial charge in [-0.2, -0.15) is 13.2 Å². The maximum Gasteiger partial charge on any atom is 0.490 e. The van der Waals surface area contributed by atoms with E-state index in [1.165, 1.54) is 0 Å². The van der Waals surface area contributed by atoms with Crippen LogP contribution in [0.25, 0.3) is 0 Å². The van der Waals surface area contributed by atoms with E-state index < -0.39 is 45.0 Å². The van der Waals surface area contributed by atoms with Crippen LogP contribution in [0.5, 0.6) is 0 Å². The zero-order valence-corrected chi connectivity index (χ0v) is 17.5. The summed E-state index contributed by atoms with van der Waals surface area (Å²) in [6.45, 7) is 1.13. The Morgan fingerprint density at radius 3 is 2.03 bits per heavy atom. The van der Waals surface area contributed by atoms with E-state index in [0.29, 0.717) is 19.3 Å². The summed E-state index contributed by atoms with van der Waals surface area (Å²) in [7, 11) is -4.15. The molecule has 3 rings (SSSR count). The van der Waals surface area contributed by atoms with Gasteiger partial charge < -0.3 is 15.6 Å². The second kappa shape index (κ2) is 8.56. The van der Waals surface area contributed by atoms with E-state index in [1.807, 2.05) is 0 Å². The summed E-state index contributed by atoms with van der Waals surface area (Å²) < 4.78 is 90.7. The molecule has 2 unspecified atom stereocenters. The first kappa shape index (κ1) is 25.9. The van der Waals surface area contributed by atoms with Gasteiger partial charge in [-0.05, 0) is 31.4 Å². The molecule has 1 heterocycles. The highest BCUT2D eigenvalue weighted by atomic mass is 32.2. The van der Waals surface area contributed by atoms with Gasteiger partial charge >= 0.3 is 12.1 Å². The summed E-state index contributed by atoms with van der Waals surface area (Å²) >= 11 is 0. The predicted octanol–water partition coefficient (Wildman–Crippen LogP) is 2.13. The Bertz CT molecular complexity index is 965. The third-order valence-electron chi connectivity index (χ3n) is 5.37. The number of amides is 1. The van der Waals surface area contributed by atoms with Gasteiger partial charge in [0.15, 0.2) is 0 Å². The zero-order chi connectivity index (χ0) is 24.6. The Morgan fingerprint density at radius 1 is 1.16 bits per heavy atom. The molecule has 8 nitrogen and oxygen atoms in total. The van der Waals surface area contributed by atoms with Crippen LogP contribution in [0, 0.1) is 5.41 Å². The van der Waals surface area contributed by atoms with Gasteiger partial charge in [0.2, 0.25) is 5.91 Å². The number of rotatable bonds is 5. The average molecular weight is 488 g/mol. The number of ether oxygens (including phenoxy) is 1. The number of alkyl halides is 5. The molecular formula is C18H21F5N2O6S. The SMILES string of the molecule is CC(F)(F)c1ccc(S(=O)(=O)NC(=O)C23CCC(CN)(C2)OC3)cc1.O=C(O)C(F)(F)F. The van der Waals surface area contributed by atoms with Crippen molar-refractivity contribution in [1.29, 1.82) is 0 Å². The quantitative estimate of drug-likeness (QED) is 0.541. The van der Waals surface area contributed by atoms with Crippen molar-refractivity contribution >= 4 is 21.9 Å². The molecule has 180 valence electrons. The number of carbonyl (C=O) groups excluding carboxylic acids is 1. The van der Waals surface area contributed by atoms with Crippen molar-refractivity contribution in [2.75, 3.05) is 13.2 Å². The topological polar surface area (TPSA) is 136 Å². The van der Waals surface area contributed by atoms with Crippen molar-refractivity contribution in [3.63, 3.8) is 0 Å². The molecule has 2 aliphatic rings. The number of hydrogen-bond donors (Lipinski definition) is 3. The van der Waals surface area contributed by atoms with E-state index in [1.54, 1.807) is 0 Å². The van der Waals surface area contributed by atoms with E-state index in [2.05, 4.69) is 4.72 Å². The van der Waals surface area contributed by atoms with Gasteiger partial charge in [-0.3, -0.25) is 4.79 Å². The van der Waals surface area contributed by atoms with Crippen LogP contribution in [0.3, 0.4) is 0 Å². The smallest absolute Gasteiger partial charge is 0.475 e. The lowest BCUT2D eigenvalue weighted by Gasteiger charge is -2.26. The Labute approximate surface area is 180 Å². The number of fused-ring (bicyclic) bond motifs is 2. The minimum Gasteiger partial charge on any atom is -0.475 e. The van der Waals surface area contributed by atoms with E-state index >= 15 is 0 Å². The minimum absolute atomic E-state index is 0.131. The fraction of sp³-hybridized carbons (Fsp3) is 0.556. The molecule has 1 saturated heterocycles. The van der Waals surface area contributed by atoms with Crippen LogP contribution in [0.4, 0.5) is 22.0 Å². The van der Waals surface area contributed by atoms with E-state index in [-0.39, 0.29) is 23.6 Å². The van der Waals surface area contributed by atoms with Crippen LogP contribution in [-0.2, 0) is 30.3 Å². The Hall–Kier alpha value is -2.32. The van der Waals surface area contributed by atoms with Crippen LogP contribution in [0.15, 0.2) is 29.2 Å². The summed E-state index contributed by atoms with van der Waals surface area (Å²) in [5.74, 6) is -6.46. The second-order valence-electron chi connectivity index (χ2n) is 7.78. The normalized spacial score (nSPS) is 25.1. The van der Waals surface area contributed by atoms with Crippen molar-refractivity contribution < 1.29 is 49.8 Å². The first-order valence-corrected chi connectivity index (χ1v) is 10.6. The van der Waals surface area contributed by atoms with Crippen molar-refractivity contribution in [3.8, 4) is 0 Å². The van der Waals surface area contributed by atoms with E-state index in [4.69, 9.17) is 20.4 Å². The van der Waals surface area contributed by atoms with Gasteiger partial charge in [0.1, 0.15) is 0 Å². The number of aliphatic carboxylic acids is 1. The highest BCUT2D eigenvalue weighted by Crippen LogP contribution is 2.52. The first-order chi connectivity index (χ1) is 14.5. The Kier molecular flexibility index (Phi) is 6.93. The number of sulfonamides is 1. The number of carbonyl (C=O) groups is 2. The summed E-state index contributed by atoms with van der Waals surface area (Å²) in [6.07, 6.45) is -3.58. The van der Waals surface area contributed by atoms with E-state index in [9.17, 15) is 35.2 Å². The third kappa shape index (κ3) is 5.53. The van der Waals surface area contributed by atoms with Crippen LogP contribution in [-0.4, -0.2) is 50.3 Å². The molecule has 0 spiro atoms. The molecule has 2 bridgehead atoms. The average Bonchev–Trinajstić information content (AvgIpc) is 3.25. The van der Waals surface area contributed by atoms with Crippen LogP contribution < -0.4 is 10.5 Å². The van der Waals surface area contributed by atoms with Crippen LogP contribution in [0.2, 0.25) is 0 Å².